The van der Waals surface area contributed by atoms with Crippen LogP contribution in [0.25, 0.3) is 11.3 Å². The van der Waals surface area contributed by atoms with Gasteiger partial charge in [0.25, 0.3) is 0 Å². The van der Waals surface area contributed by atoms with E-state index in [1.54, 1.807) is 57.2 Å². The Kier molecular flexibility index (Phi) is 9.17. The summed E-state index contributed by atoms with van der Waals surface area (Å²) >= 11 is 6.16. The number of anilines is 1. The third-order valence-corrected chi connectivity index (χ3v) is 6.42. The van der Waals surface area contributed by atoms with Gasteiger partial charge in [-0.25, -0.2) is 19.7 Å². The van der Waals surface area contributed by atoms with Crippen molar-refractivity contribution in [2.24, 2.45) is 5.14 Å². The fourth-order valence-corrected chi connectivity index (χ4v) is 4.18. The first-order chi connectivity index (χ1) is 18.4. The Morgan fingerprint density at radius 2 is 1.73 bits per heavy atom. The maximum absolute atomic E-state index is 12.6. The molecule has 0 saturated carbocycles. The molecule has 0 atom stereocenters. The Bertz CT molecular complexity index is 1470. The minimum Gasteiger partial charge on any atom is -0.443 e. The van der Waals surface area contributed by atoms with Crippen LogP contribution < -0.4 is 15.8 Å². The monoisotopic (exact) mass is 591 g/mol. The fourth-order valence-electron chi connectivity index (χ4n) is 3.42. The first-order valence-electron chi connectivity index (χ1n) is 12.4. The number of ether oxygens (including phenoxy) is 1. The minimum atomic E-state index is -4.37. The number of hydrogen-bond acceptors (Lipinski definition) is 7. The van der Waals surface area contributed by atoms with E-state index in [1.807, 2.05) is 32.9 Å². The van der Waals surface area contributed by atoms with Crippen LogP contribution in [0.3, 0.4) is 0 Å². The van der Waals surface area contributed by atoms with E-state index in [4.69, 9.17) is 25.9 Å². The SMILES string of the molecule is CC(C)(C)OC(=O)N(Cc1ccc(NC(=O)NCc2oc(C(C)(C)C)nc2-c2cccc(Cl)c2)cc1)S(N)(=O)=O. The molecule has 216 valence electrons. The van der Waals surface area contributed by atoms with E-state index < -0.39 is 27.9 Å². The highest BCUT2D eigenvalue weighted by Gasteiger charge is 2.29. The zero-order chi connectivity index (χ0) is 29.9. The van der Waals surface area contributed by atoms with Crippen LogP contribution >= 0.6 is 11.6 Å². The summed E-state index contributed by atoms with van der Waals surface area (Å²) in [5.41, 5.74) is 0.978. The highest BCUT2D eigenvalue weighted by atomic mass is 35.5. The van der Waals surface area contributed by atoms with E-state index in [9.17, 15) is 18.0 Å². The highest BCUT2D eigenvalue weighted by Crippen LogP contribution is 2.31. The molecule has 1 heterocycles. The Labute approximate surface area is 239 Å². The first kappa shape index (κ1) is 30.9. The summed E-state index contributed by atoms with van der Waals surface area (Å²) in [6, 6.07) is 13.0. The Morgan fingerprint density at radius 1 is 1.07 bits per heavy atom. The smallest absolute Gasteiger partial charge is 0.425 e. The van der Waals surface area contributed by atoms with Crippen molar-refractivity contribution in [3.05, 3.63) is 70.8 Å². The number of urea groups is 1. The molecule has 0 aliphatic heterocycles. The molecule has 3 amide bonds. The maximum Gasteiger partial charge on any atom is 0.425 e. The molecule has 0 bridgehead atoms. The lowest BCUT2D eigenvalue weighted by Gasteiger charge is -2.25. The van der Waals surface area contributed by atoms with Gasteiger partial charge in [-0.2, -0.15) is 12.7 Å². The van der Waals surface area contributed by atoms with Gasteiger partial charge in [0.05, 0.1) is 13.1 Å². The molecule has 0 aliphatic carbocycles. The number of hydrogen-bond donors (Lipinski definition) is 3. The molecule has 3 aromatic rings. The summed E-state index contributed by atoms with van der Waals surface area (Å²) in [6.07, 6.45) is -1.09. The van der Waals surface area contributed by atoms with Crippen LogP contribution in [0.2, 0.25) is 5.02 Å². The van der Waals surface area contributed by atoms with Crippen LogP contribution in [0.4, 0.5) is 15.3 Å². The van der Waals surface area contributed by atoms with Crippen molar-refractivity contribution in [1.29, 1.82) is 0 Å². The Morgan fingerprint density at radius 3 is 2.27 bits per heavy atom. The zero-order valence-corrected chi connectivity index (χ0v) is 24.8. The average molecular weight is 592 g/mol. The van der Waals surface area contributed by atoms with Crippen molar-refractivity contribution in [2.75, 3.05) is 5.32 Å². The molecule has 2 aromatic carbocycles. The summed E-state index contributed by atoms with van der Waals surface area (Å²) < 4.78 is 35.5. The Hall–Kier alpha value is -3.61. The number of amides is 3. The number of nitrogens with zero attached hydrogens (tertiary/aromatic N) is 2. The normalized spacial score (nSPS) is 12.1. The van der Waals surface area contributed by atoms with Crippen molar-refractivity contribution >= 4 is 39.6 Å². The van der Waals surface area contributed by atoms with Crippen molar-refractivity contribution in [3.8, 4) is 11.3 Å². The molecular weight excluding hydrogens is 558 g/mol. The summed E-state index contributed by atoms with van der Waals surface area (Å²) in [5.74, 6) is 0.998. The largest absolute Gasteiger partial charge is 0.443 e. The van der Waals surface area contributed by atoms with Crippen LogP contribution in [0.1, 0.15) is 58.8 Å². The van der Waals surface area contributed by atoms with Gasteiger partial charge >= 0.3 is 22.3 Å². The number of aromatic nitrogens is 1. The quantitative estimate of drug-likeness (QED) is 0.325. The van der Waals surface area contributed by atoms with Gasteiger partial charge in [-0.15, -0.1) is 0 Å². The summed E-state index contributed by atoms with van der Waals surface area (Å²) in [7, 11) is -4.37. The molecule has 0 aliphatic rings. The maximum atomic E-state index is 12.6. The number of nitrogens with one attached hydrogen (secondary N) is 2. The lowest BCUT2D eigenvalue weighted by atomic mass is 9.97. The second-order valence-corrected chi connectivity index (χ2v) is 13.0. The summed E-state index contributed by atoms with van der Waals surface area (Å²) in [4.78, 5) is 29.6. The van der Waals surface area contributed by atoms with Crippen LogP contribution in [-0.2, 0) is 33.5 Å². The number of carbonyl (C=O) groups excluding carboxylic acids is 2. The second kappa shape index (κ2) is 11.9. The van der Waals surface area contributed by atoms with E-state index >= 15 is 0 Å². The number of halogens is 1. The fraction of sp³-hybridized carbons (Fsp3) is 0.370. The van der Waals surface area contributed by atoms with Crippen molar-refractivity contribution in [3.63, 3.8) is 0 Å². The van der Waals surface area contributed by atoms with Gasteiger partial charge < -0.3 is 19.8 Å². The number of carbonyl (C=O) groups is 2. The van der Waals surface area contributed by atoms with Crippen molar-refractivity contribution in [1.82, 2.24) is 14.6 Å². The molecule has 0 spiro atoms. The molecule has 4 N–H and O–H groups in total. The minimum absolute atomic E-state index is 0.0635. The predicted octanol–water partition coefficient (Wildman–Crippen LogP) is 5.55. The number of benzene rings is 2. The van der Waals surface area contributed by atoms with Crippen LogP contribution in [0.15, 0.2) is 52.9 Å². The van der Waals surface area contributed by atoms with Crippen LogP contribution in [-0.4, -0.2) is 35.4 Å². The predicted molar refractivity (Wildman–Crippen MR) is 153 cm³/mol. The van der Waals surface area contributed by atoms with Crippen LogP contribution in [0.5, 0.6) is 0 Å². The van der Waals surface area contributed by atoms with E-state index in [1.165, 1.54) is 0 Å². The number of nitrogens with two attached hydrogens (primary N) is 1. The van der Waals surface area contributed by atoms with Gasteiger partial charge in [0.1, 0.15) is 11.3 Å². The molecule has 1 aromatic heterocycles. The molecule has 3 rings (SSSR count). The lowest BCUT2D eigenvalue weighted by Crippen LogP contribution is -2.43. The third kappa shape index (κ3) is 8.70. The highest BCUT2D eigenvalue weighted by molar-refractivity contribution is 7.87. The van der Waals surface area contributed by atoms with Crippen LogP contribution in [0, 0.1) is 0 Å². The third-order valence-electron chi connectivity index (χ3n) is 5.29. The second-order valence-electron chi connectivity index (χ2n) is 11.1. The van der Waals surface area contributed by atoms with Crippen molar-refractivity contribution in [2.45, 2.75) is 65.6 Å². The molecule has 0 fully saturated rings. The summed E-state index contributed by atoms with van der Waals surface area (Å²) in [5, 5.41) is 11.2. The van der Waals surface area contributed by atoms with Gasteiger partial charge in [-0.1, -0.05) is 56.6 Å². The van der Waals surface area contributed by atoms with Gasteiger partial charge in [0.15, 0.2) is 11.7 Å². The van der Waals surface area contributed by atoms with E-state index in [-0.39, 0.29) is 18.5 Å². The van der Waals surface area contributed by atoms with E-state index in [0.717, 1.165) is 5.56 Å². The standard InChI is InChI=1S/C27H34ClN5O6S/c1-26(2,3)23-32-22(18-8-7-9-19(28)14-18)21(38-23)15-30-24(34)31-20-12-10-17(11-13-20)16-33(40(29,36)37)25(35)39-27(4,5)6/h7-14H,15-16H2,1-6H3,(H2,29,36,37)(H2,30,31,34). The molecule has 0 radical (unpaired) electrons. The molecule has 40 heavy (non-hydrogen) atoms. The number of rotatable bonds is 7. The molecular formula is C27H34ClN5O6S. The molecule has 13 heteroatoms. The molecule has 0 saturated heterocycles. The Balaban J connectivity index is 1.68. The van der Waals surface area contributed by atoms with Gasteiger partial charge in [0, 0.05) is 21.7 Å². The topological polar surface area (TPSA) is 157 Å². The zero-order valence-electron chi connectivity index (χ0n) is 23.2. The van der Waals surface area contributed by atoms with Gasteiger partial charge in [0.2, 0.25) is 0 Å². The number of oxazole rings is 1. The van der Waals surface area contributed by atoms with Crippen molar-refractivity contribution < 1.29 is 27.2 Å². The molecule has 11 nitrogen and oxygen atoms in total. The van der Waals surface area contributed by atoms with E-state index in [2.05, 4.69) is 15.6 Å². The summed E-state index contributed by atoms with van der Waals surface area (Å²) in [6.45, 7) is 10.5. The van der Waals surface area contributed by atoms with Gasteiger partial charge in [-0.05, 0) is 50.6 Å². The molecule has 0 unspecified atom stereocenters. The first-order valence-corrected chi connectivity index (χ1v) is 14.2. The van der Waals surface area contributed by atoms with Gasteiger partial charge in [-0.3, -0.25) is 0 Å². The van der Waals surface area contributed by atoms with E-state index in [0.29, 0.717) is 37.9 Å². The average Bonchev–Trinajstić information content (AvgIpc) is 3.25. The lowest BCUT2D eigenvalue weighted by molar-refractivity contribution is 0.0381.